The molecule has 0 unspecified atom stereocenters. The van der Waals surface area contributed by atoms with E-state index in [1.807, 2.05) is 0 Å². The van der Waals surface area contributed by atoms with Crippen molar-refractivity contribution in [2.75, 3.05) is 17.7 Å². The quantitative estimate of drug-likeness (QED) is 0.905. The van der Waals surface area contributed by atoms with Crippen LogP contribution in [0.3, 0.4) is 0 Å². The molecule has 0 bridgehead atoms. The van der Waals surface area contributed by atoms with Crippen LogP contribution in [0.1, 0.15) is 5.56 Å². The fourth-order valence-electron chi connectivity index (χ4n) is 1.60. The molecule has 0 radical (unpaired) electrons. The van der Waals surface area contributed by atoms with Crippen molar-refractivity contribution in [2.45, 2.75) is 0 Å². The first kappa shape index (κ1) is 13.7. The highest BCUT2D eigenvalue weighted by Crippen LogP contribution is 2.25. The molecule has 0 saturated heterocycles. The Balaban J connectivity index is 2.46. The van der Waals surface area contributed by atoms with Crippen LogP contribution in [0.5, 0.6) is 0 Å². The molecule has 4 nitrogen and oxygen atoms in total. The topological polar surface area (TPSA) is 60.7 Å². The smallest absolute Gasteiger partial charge is 0.169 e. The number of aromatic nitrogens is 1. The van der Waals surface area contributed by atoms with E-state index in [9.17, 15) is 13.2 Å². The van der Waals surface area contributed by atoms with E-state index in [1.165, 1.54) is 19.2 Å². The maximum Gasteiger partial charge on any atom is 0.169 e. The molecule has 0 aliphatic heterocycles. The molecule has 0 spiro atoms. The second-order valence-electron chi connectivity index (χ2n) is 3.80. The van der Waals surface area contributed by atoms with Gasteiger partial charge in [-0.05, 0) is 12.1 Å². The van der Waals surface area contributed by atoms with Gasteiger partial charge in [0.05, 0.1) is 5.69 Å². The van der Waals surface area contributed by atoms with Crippen molar-refractivity contribution in [2.24, 2.45) is 0 Å². The van der Waals surface area contributed by atoms with Gasteiger partial charge in [-0.1, -0.05) is 6.07 Å². The molecule has 1 heterocycles. The number of nitriles is 1. The number of anilines is 3. The van der Waals surface area contributed by atoms with Crippen molar-refractivity contribution in [3.63, 3.8) is 0 Å². The molecule has 2 rings (SSSR count). The number of hydrogen-bond donors (Lipinski definition) is 2. The molecular weight excluding hydrogens is 269 g/mol. The predicted octanol–water partition coefficient (Wildman–Crippen LogP) is 3.16. The van der Waals surface area contributed by atoms with Crippen molar-refractivity contribution in [3.05, 3.63) is 47.3 Å². The van der Waals surface area contributed by atoms with Crippen LogP contribution >= 0.6 is 0 Å². The zero-order valence-corrected chi connectivity index (χ0v) is 10.3. The van der Waals surface area contributed by atoms with Gasteiger partial charge in [0, 0.05) is 13.1 Å². The monoisotopic (exact) mass is 278 g/mol. The summed E-state index contributed by atoms with van der Waals surface area (Å²) in [6, 6.07) is 6.17. The highest BCUT2D eigenvalue weighted by atomic mass is 19.1. The summed E-state index contributed by atoms with van der Waals surface area (Å²) in [5.41, 5.74) is -0.225. The van der Waals surface area contributed by atoms with Crippen molar-refractivity contribution < 1.29 is 13.2 Å². The van der Waals surface area contributed by atoms with Gasteiger partial charge in [-0.2, -0.15) is 5.26 Å². The van der Waals surface area contributed by atoms with Gasteiger partial charge in [-0.15, -0.1) is 0 Å². The molecule has 0 fully saturated rings. The van der Waals surface area contributed by atoms with E-state index >= 15 is 0 Å². The maximum absolute atomic E-state index is 13.6. The van der Waals surface area contributed by atoms with E-state index < -0.39 is 17.5 Å². The van der Waals surface area contributed by atoms with Gasteiger partial charge < -0.3 is 10.6 Å². The third kappa shape index (κ3) is 2.49. The van der Waals surface area contributed by atoms with Crippen LogP contribution in [-0.4, -0.2) is 12.0 Å². The molecule has 2 N–H and O–H groups in total. The largest absolute Gasteiger partial charge is 0.371 e. The summed E-state index contributed by atoms with van der Waals surface area (Å²) >= 11 is 0. The number of halogens is 3. The van der Waals surface area contributed by atoms with E-state index in [2.05, 4.69) is 15.6 Å². The molecule has 1 aromatic heterocycles. The fourth-order valence-corrected chi connectivity index (χ4v) is 1.60. The van der Waals surface area contributed by atoms with Gasteiger partial charge in [0.1, 0.15) is 17.4 Å². The summed E-state index contributed by atoms with van der Waals surface area (Å²) in [4.78, 5) is 3.69. The van der Waals surface area contributed by atoms with Gasteiger partial charge in [0.25, 0.3) is 0 Å². The summed E-state index contributed by atoms with van der Waals surface area (Å²) in [6.07, 6.45) is 0. The zero-order chi connectivity index (χ0) is 14.7. The molecule has 1 aromatic carbocycles. The molecular formula is C13H9F3N4. The summed E-state index contributed by atoms with van der Waals surface area (Å²) in [6.45, 7) is 0. The average molecular weight is 278 g/mol. The van der Waals surface area contributed by atoms with Gasteiger partial charge in [0.15, 0.2) is 23.3 Å². The molecule has 0 saturated carbocycles. The van der Waals surface area contributed by atoms with Crippen LogP contribution in [0.25, 0.3) is 0 Å². The predicted molar refractivity (Wildman–Crippen MR) is 68.1 cm³/mol. The second kappa shape index (κ2) is 5.48. The highest BCUT2D eigenvalue weighted by Gasteiger charge is 2.14. The summed E-state index contributed by atoms with van der Waals surface area (Å²) < 4.78 is 40.3. The molecule has 0 aliphatic rings. The van der Waals surface area contributed by atoms with Crippen LogP contribution in [0.4, 0.5) is 30.5 Å². The first-order valence-corrected chi connectivity index (χ1v) is 5.56. The highest BCUT2D eigenvalue weighted by molar-refractivity contribution is 5.66. The lowest BCUT2D eigenvalue weighted by Crippen LogP contribution is -2.05. The Morgan fingerprint density at radius 3 is 2.45 bits per heavy atom. The molecule has 102 valence electrons. The summed E-state index contributed by atoms with van der Waals surface area (Å²) in [5, 5.41) is 13.8. The van der Waals surface area contributed by atoms with E-state index in [1.54, 1.807) is 6.07 Å². The van der Waals surface area contributed by atoms with Crippen molar-refractivity contribution in [3.8, 4) is 6.07 Å². The van der Waals surface area contributed by atoms with E-state index in [4.69, 9.17) is 5.26 Å². The molecule has 0 aliphatic carbocycles. The number of benzene rings is 1. The number of nitrogens with one attached hydrogen (secondary N) is 2. The van der Waals surface area contributed by atoms with Gasteiger partial charge in [-0.25, -0.2) is 18.2 Å². The molecule has 0 atom stereocenters. The van der Waals surface area contributed by atoms with Crippen LogP contribution < -0.4 is 10.6 Å². The van der Waals surface area contributed by atoms with Crippen molar-refractivity contribution >= 4 is 17.3 Å². The third-order valence-electron chi connectivity index (χ3n) is 2.54. The van der Waals surface area contributed by atoms with Gasteiger partial charge in [0.2, 0.25) is 0 Å². The standard InChI is InChI=1S/C13H9F3N4/c1-18-12-9(15)5-10(16)13(20-12)19-11-4-2-3-8(14)7(11)6-17/h2-5H,1H3,(H2,18,19,20). The minimum Gasteiger partial charge on any atom is -0.371 e. The minimum absolute atomic E-state index is 0.0487. The number of hydrogen-bond acceptors (Lipinski definition) is 4. The lowest BCUT2D eigenvalue weighted by atomic mass is 10.2. The Labute approximate surface area is 112 Å². The maximum atomic E-state index is 13.6. The fraction of sp³-hybridized carbons (Fsp3) is 0.0769. The van der Waals surface area contributed by atoms with Crippen molar-refractivity contribution in [1.29, 1.82) is 5.26 Å². The van der Waals surface area contributed by atoms with Gasteiger partial charge >= 0.3 is 0 Å². The van der Waals surface area contributed by atoms with Crippen LogP contribution in [-0.2, 0) is 0 Å². The Bertz CT molecular complexity index is 695. The molecule has 7 heteroatoms. The molecule has 20 heavy (non-hydrogen) atoms. The number of pyridine rings is 1. The van der Waals surface area contributed by atoms with E-state index in [0.29, 0.717) is 6.07 Å². The van der Waals surface area contributed by atoms with Crippen molar-refractivity contribution in [1.82, 2.24) is 4.98 Å². The third-order valence-corrected chi connectivity index (χ3v) is 2.54. The Morgan fingerprint density at radius 2 is 1.80 bits per heavy atom. The average Bonchev–Trinajstić information content (AvgIpc) is 2.42. The summed E-state index contributed by atoms with van der Waals surface area (Å²) in [7, 11) is 1.43. The minimum atomic E-state index is -0.949. The van der Waals surface area contributed by atoms with E-state index in [-0.39, 0.29) is 22.9 Å². The van der Waals surface area contributed by atoms with Crippen LogP contribution in [0.2, 0.25) is 0 Å². The Morgan fingerprint density at radius 1 is 1.10 bits per heavy atom. The molecule has 0 amide bonds. The number of rotatable bonds is 3. The van der Waals surface area contributed by atoms with Crippen LogP contribution in [0.15, 0.2) is 24.3 Å². The second-order valence-corrected chi connectivity index (χ2v) is 3.80. The normalized spacial score (nSPS) is 9.95. The first-order valence-electron chi connectivity index (χ1n) is 5.56. The lowest BCUT2D eigenvalue weighted by Gasteiger charge is -2.10. The summed E-state index contributed by atoms with van der Waals surface area (Å²) in [5.74, 6) is -3.01. The van der Waals surface area contributed by atoms with Gasteiger partial charge in [-0.3, -0.25) is 0 Å². The SMILES string of the molecule is CNc1nc(Nc2cccc(F)c2C#N)c(F)cc1F. The Kier molecular flexibility index (Phi) is 3.75. The number of nitrogens with zero attached hydrogens (tertiary/aromatic N) is 2. The lowest BCUT2D eigenvalue weighted by molar-refractivity contribution is 0.580. The Hall–Kier alpha value is -2.75. The molecule has 2 aromatic rings. The zero-order valence-electron chi connectivity index (χ0n) is 10.3. The first-order chi connectivity index (χ1) is 9.56. The van der Waals surface area contributed by atoms with E-state index in [0.717, 1.165) is 6.07 Å². The van der Waals surface area contributed by atoms with Crippen LogP contribution in [0, 0.1) is 28.8 Å².